The van der Waals surface area contributed by atoms with Crippen molar-refractivity contribution in [1.29, 1.82) is 0 Å². The first-order valence-electron chi connectivity index (χ1n) is 9.28. The van der Waals surface area contributed by atoms with Gasteiger partial charge in [-0.15, -0.1) is 0 Å². The number of hydrogen-bond acceptors (Lipinski definition) is 6. The van der Waals surface area contributed by atoms with E-state index in [1.807, 2.05) is 12.1 Å². The first-order chi connectivity index (χ1) is 13.7. The Hall–Kier alpha value is -2.29. The van der Waals surface area contributed by atoms with E-state index in [2.05, 4.69) is 4.90 Å². The minimum Gasteiger partial charge on any atom is -0.490 e. The zero-order chi connectivity index (χ0) is 21.0. The average molecular weight is 421 g/mol. The van der Waals surface area contributed by atoms with Crippen LogP contribution in [0.5, 0.6) is 5.75 Å². The predicted molar refractivity (Wildman–Crippen MR) is 106 cm³/mol. The molecule has 1 aliphatic heterocycles. The summed E-state index contributed by atoms with van der Waals surface area (Å²) in [7, 11) is -3.21. The van der Waals surface area contributed by atoms with Crippen LogP contribution in [0.2, 0.25) is 0 Å². The van der Waals surface area contributed by atoms with Crippen LogP contribution >= 0.6 is 0 Å². The summed E-state index contributed by atoms with van der Waals surface area (Å²) in [4.78, 5) is 14.2. The number of nitrogens with zero attached hydrogens (tertiary/aromatic N) is 1. The second-order valence-corrected chi connectivity index (χ2v) is 9.17. The quantitative estimate of drug-likeness (QED) is 0.640. The predicted octanol–water partition coefficient (Wildman–Crippen LogP) is 2.71. The van der Waals surface area contributed by atoms with E-state index in [-0.39, 0.29) is 24.1 Å². The molecule has 6 nitrogen and oxygen atoms in total. The van der Waals surface area contributed by atoms with Gasteiger partial charge >= 0.3 is 0 Å². The molecule has 0 spiro atoms. The highest BCUT2D eigenvalue weighted by Crippen LogP contribution is 2.21. The van der Waals surface area contributed by atoms with Crippen LogP contribution in [-0.2, 0) is 21.1 Å². The monoisotopic (exact) mass is 421 g/mol. The van der Waals surface area contributed by atoms with Crippen molar-refractivity contribution in [2.45, 2.75) is 24.5 Å². The molecule has 1 saturated heterocycles. The molecule has 2 aromatic rings. The fraction of sp³-hybridized carbons (Fsp3) is 0.381. The van der Waals surface area contributed by atoms with E-state index in [1.165, 1.54) is 31.4 Å². The smallest absolute Gasteiger partial charge is 0.175 e. The van der Waals surface area contributed by atoms with Crippen LogP contribution < -0.4 is 4.74 Å². The number of carbonyl (C=O) groups excluding carboxylic acids is 1. The summed E-state index contributed by atoms with van der Waals surface area (Å²) in [6.45, 7) is 4.20. The Labute approximate surface area is 170 Å². The molecular formula is C21H24FNO5S. The molecule has 0 amide bonds. The van der Waals surface area contributed by atoms with Gasteiger partial charge in [0.2, 0.25) is 0 Å². The molecule has 1 heterocycles. The number of benzene rings is 2. The molecule has 0 aliphatic carbocycles. The third-order valence-corrected chi connectivity index (χ3v) is 5.85. The Morgan fingerprint density at radius 1 is 1.24 bits per heavy atom. The summed E-state index contributed by atoms with van der Waals surface area (Å²) >= 11 is 0. The van der Waals surface area contributed by atoms with E-state index < -0.39 is 15.7 Å². The number of ketones is 1. The second-order valence-electron chi connectivity index (χ2n) is 7.15. The van der Waals surface area contributed by atoms with Crippen LogP contribution in [0, 0.1) is 5.82 Å². The summed E-state index contributed by atoms with van der Waals surface area (Å²) in [5.41, 5.74) is 1.22. The highest BCUT2D eigenvalue weighted by Gasteiger charge is 2.22. The van der Waals surface area contributed by atoms with Crippen LogP contribution in [-0.4, -0.2) is 57.8 Å². The van der Waals surface area contributed by atoms with E-state index in [0.717, 1.165) is 12.1 Å². The molecule has 3 rings (SSSR count). The number of hydrogen-bond donors (Lipinski definition) is 0. The van der Waals surface area contributed by atoms with Crippen molar-refractivity contribution in [2.24, 2.45) is 0 Å². The Balaban J connectivity index is 1.58. The Morgan fingerprint density at radius 2 is 1.97 bits per heavy atom. The lowest BCUT2D eigenvalue weighted by molar-refractivity contribution is -0.0505. The molecule has 1 fully saturated rings. The maximum atomic E-state index is 13.4. The Kier molecular flexibility index (Phi) is 6.66. The zero-order valence-corrected chi connectivity index (χ0v) is 17.2. The molecule has 156 valence electrons. The summed E-state index contributed by atoms with van der Waals surface area (Å²) < 4.78 is 48.0. The largest absolute Gasteiger partial charge is 0.490 e. The van der Waals surface area contributed by atoms with Gasteiger partial charge in [-0.1, -0.05) is 12.1 Å². The standard InChI is InChI=1S/C21H24FNO5S/c1-15(24)20-11-17(22)5-8-21(20)28-14-18-13-23(9-10-27-18)12-16-3-6-19(7-4-16)29(2,25)26/h3-8,11,18H,9-10,12-14H2,1-2H3. The fourth-order valence-corrected chi connectivity index (χ4v) is 3.84. The summed E-state index contributed by atoms with van der Waals surface area (Å²) in [5.74, 6) is -0.399. The lowest BCUT2D eigenvalue weighted by atomic mass is 10.1. The molecule has 29 heavy (non-hydrogen) atoms. The topological polar surface area (TPSA) is 72.9 Å². The third-order valence-electron chi connectivity index (χ3n) is 4.73. The molecule has 0 bridgehead atoms. The fourth-order valence-electron chi connectivity index (χ4n) is 3.21. The number of halogens is 1. The molecule has 8 heteroatoms. The lowest BCUT2D eigenvalue weighted by Gasteiger charge is -2.33. The number of morpholine rings is 1. The van der Waals surface area contributed by atoms with Gasteiger partial charge in [-0.2, -0.15) is 0 Å². The van der Waals surface area contributed by atoms with Crippen LogP contribution in [0.15, 0.2) is 47.4 Å². The average Bonchev–Trinajstić information content (AvgIpc) is 2.67. The second kappa shape index (κ2) is 9.02. The third kappa shape index (κ3) is 5.85. The van der Waals surface area contributed by atoms with E-state index in [0.29, 0.717) is 30.3 Å². The van der Waals surface area contributed by atoms with Gasteiger partial charge in [-0.3, -0.25) is 9.69 Å². The number of ether oxygens (including phenoxy) is 2. The SMILES string of the molecule is CC(=O)c1cc(F)ccc1OCC1CN(Cc2ccc(S(C)(=O)=O)cc2)CCO1. The van der Waals surface area contributed by atoms with Crippen molar-refractivity contribution in [3.05, 3.63) is 59.4 Å². The number of Topliss-reactive ketones (excluding diaryl/α,β-unsaturated/α-hetero) is 1. The maximum Gasteiger partial charge on any atom is 0.175 e. The van der Waals surface area contributed by atoms with Crippen molar-refractivity contribution >= 4 is 15.6 Å². The minimum absolute atomic E-state index is 0.191. The summed E-state index contributed by atoms with van der Waals surface area (Å²) in [6.07, 6.45) is 0.997. The molecule has 1 aliphatic rings. The highest BCUT2D eigenvalue weighted by atomic mass is 32.2. The van der Waals surface area contributed by atoms with Crippen LogP contribution in [0.4, 0.5) is 4.39 Å². The van der Waals surface area contributed by atoms with Gasteiger partial charge in [-0.05, 0) is 42.8 Å². The Bertz CT molecular complexity index is 975. The highest BCUT2D eigenvalue weighted by molar-refractivity contribution is 7.90. The normalized spacial score (nSPS) is 17.8. The lowest BCUT2D eigenvalue weighted by Crippen LogP contribution is -2.44. The Morgan fingerprint density at radius 3 is 2.62 bits per heavy atom. The molecule has 0 saturated carbocycles. The van der Waals surface area contributed by atoms with Gasteiger partial charge in [0.25, 0.3) is 0 Å². The van der Waals surface area contributed by atoms with E-state index in [1.54, 1.807) is 12.1 Å². The molecule has 0 radical (unpaired) electrons. The van der Waals surface area contributed by atoms with Crippen LogP contribution in [0.25, 0.3) is 0 Å². The van der Waals surface area contributed by atoms with Gasteiger partial charge in [0.05, 0.1) is 17.1 Å². The molecule has 0 aromatic heterocycles. The number of sulfone groups is 1. The van der Waals surface area contributed by atoms with Crippen molar-refractivity contribution in [1.82, 2.24) is 4.90 Å². The number of rotatable bonds is 7. The molecule has 1 atom stereocenters. The molecule has 2 aromatic carbocycles. The van der Waals surface area contributed by atoms with Crippen molar-refractivity contribution in [3.63, 3.8) is 0 Å². The summed E-state index contributed by atoms with van der Waals surface area (Å²) in [5, 5.41) is 0. The zero-order valence-electron chi connectivity index (χ0n) is 16.4. The van der Waals surface area contributed by atoms with Gasteiger partial charge in [0.1, 0.15) is 24.3 Å². The first kappa shape index (κ1) is 21.4. The molecule has 1 unspecified atom stereocenters. The minimum atomic E-state index is -3.21. The van der Waals surface area contributed by atoms with E-state index in [4.69, 9.17) is 9.47 Å². The van der Waals surface area contributed by atoms with E-state index >= 15 is 0 Å². The van der Waals surface area contributed by atoms with Gasteiger partial charge < -0.3 is 9.47 Å². The first-order valence-corrected chi connectivity index (χ1v) is 11.2. The van der Waals surface area contributed by atoms with Gasteiger partial charge in [0, 0.05) is 25.9 Å². The van der Waals surface area contributed by atoms with Crippen LogP contribution in [0.1, 0.15) is 22.8 Å². The molecular weight excluding hydrogens is 397 g/mol. The van der Waals surface area contributed by atoms with Gasteiger partial charge in [-0.25, -0.2) is 12.8 Å². The summed E-state index contributed by atoms with van der Waals surface area (Å²) in [6, 6.07) is 10.7. The van der Waals surface area contributed by atoms with Crippen molar-refractivity contribution < 1.29 is 27.1 Å². The van der Waals surface area contributed by atoms with E-state index in [9.17, 15) is 17.6 Å². The molecule has 0 N–H and O–H groups in total. The number of carbonyl (C=O) groups is 1. The van der Waals surface area contributed by atoms with Crippen molar-refractivity contribution in [2.75, 3.05) is 32.6 Å². The van der Waals surface area contributed by atoms with Gasteiger partial charge in [0.15, 0.2) is 15.6 Å². The van der Waals surface area contributed by atoms with Crippen LogP contribution in [0.3, 0.4) is 0 Å². The van der Waals surface area contributed by atoms with Crippen molar-refractivity contribution in [3.8, 4) is 5.75 Å². The maximum absolute atomic E-state index is 13.4.